The lowest BCUT2D eigenvalue weighted by molar-refractivity contribution is 0.402. The van der Waals surface area contributed by atoms with Gasteiger partial charge in [-0.15, -0.1) is 0 Å². The smallest absolute Gasteiger partial charge is 0.265 e. The molecule has 2 aromatic heterocycles. The molecule has 27 heavy (non-hydrogen) atoms. The van der Waals surface area contributed by atoms with Gasteiger partial charge in [-0.25, -0.2) is 13.4 Å². The third-order valence-electron chi connectivity index (χ3n) is 3.80. The number of sulfonamides is 1. The maximum Gasteiger partial charge on any atom is 0.265 e. The SMILES string of the molecule is COc1ccc(C)cc1S(=O)(=O)Nc1ccc(NCc2ccccn2)nc1. The van der Waals surface area contributed by atoms with Crippen LogP contribution in [0.3, 0.4) is 0 Å². The molecule has 7 nitrogen and oxygen atoms in total. The zero-order valence-electron chi connectivity index (χ0n) is 15.0. The van der Waals surface area contributed by atoms with Crippen LogP contribution in [0.4, 0.5) is 11.5 Å². The number of ether oxygens (including phenoxy) is 1. The first kappa shape index (κ1) is 18.7. The Morgan fingerprint density at radius 3 is 2.59 bits per heavy atom. The molecular weight excluding hydrogens is 364 g/mol. The van der Waals surface area contributed by atoms with Crippen LogP contribution >= 0.6 is 0 Å². The number of aryl methyl sites for hydroxylation is 1. The molecule has 0 atom stereocenters. The van der Waals surface area contributed by atoms with Crippen LogP contribution < -0.4 is 14.8 Å². The van der Waals surface area contributed by atoms with E-state index in [4.69, 9.17) is 4.74 Å². The Morgan fingerprint density at radius 2 is 1.93 bits per heavy atom. The molecular formula is C19H20N4O3S. The number of methoxy groups -OCH3 is 1. The van der Waals surface area contributed by atoms with Gasteiger partial charge in [0.05, 0.1) is 31.2 Å². The highest BCUT2D eigenvalue weighted by atomic mass is 32.2. The molecule has 1 aromatic carbocycles. The van der Waals surface area contributed by atoms with Crippen molar-refractivity contribution in [2.45, 2.75) is 18.4 Å². The summed E-state index contributed by atoms with van der Waals surface area (Å²) in [5, 5.41) is 3.14. The van der Waals surface area contributed by atoms with Gasteiger partial charge in [0.15, 0.2) is 0 Å². The third kappa shape index (κ3) is 4.73. The third-order valence-corrected chi connectivity index (χ3v) is 5.20. The summed E-state index contributed by atoms with van der Waals surface area (Å²) >= 11 is 0. The van der Waals surface area contributed by atoms with E-state index in [2.05, 4.69) is 20.0 Å². The molecule has 0 saturated carbocycles. The highest BCUT2D eigenvalue weighted by Gasteiger charge is 2.20. The van der Waals surface area contributed by atoms with Gasteiger partial charge in [-0.3, -0.25) is 9.71 Å². The van der Waals surface area contributed by atoms with Gasteiger partial charge in [-0.05, 0) is 48.9 Å². The summed E-state index contributed by atoms with van der Waals surface area (Å²) in [5.74, 6) is 0.909. The minimum Gasteiger partial charge on any atom is -0.495 e. The van der Waals surface area contributed by atoms with E-state index in [0.29, 0.717) is 18.1 Å². The Morgan fingerprint density at radius 1 is 1.07 bits per heavy atom. The van der Waals surface area contributed by atoms with E-state index in [9.17, 15) is 8.42 Å². The monoisotopic (exact) mass is 384 g/mol. The number of aromatic nitrogens is 2. The van der Waals surface area contributed by atoms with Crippen LogP contribution in [-0.4, -0.2) is 25.5 Å². The molecule has 8 heteroatoms. The summed E-state index contributed by atoms with van der Waals surface area (Å²) < 4.78 is 33.1. The van der Waals surface area contributed by atoms with E-state index in [-0.39, 0.29) is 10.6 Å². The average molecular weight is 384 g/mol. The van der Waals surface area contributed by atoms with Crippen molar-refractivity contribution in [3.63, 3.8) is 0 Å². The van der Waals surface area contributed by atoms with Crippen LogP contribution in [-0.2, 0) is 16.6 Å². The van der Waals surface area contributed by atoms with Gasteiger partial charge in [-0.1, -0.05) is 12.1 Å². The number of nitrogens with one attached hydrogen (secondary N) is 2. The van der Waals surface area contributed by atoms with Gasteiger partial charge >= 0.3 is 0 Å². The van der Waals surface area contributed by atoms with Crippen molar-refractivity contribution in [2.75, 3.05) is 17.1 Å². The van der Waals surface area contributed by atoms with Crippen molar-refractivity contribution in [1.29, 1.82) is 0 Å². The van der Waals surface area contributed by atoms with Gasteiger partial charge in [0.25, 0.3) is 10.0 Å². The zero-order chi connectivity index (χ0) is 19.3. The van der Waals surface area contributed by atoms with Crippen LogP contribution in [0.5, 0.6) is 5.75 Å². The Hall–Kier alpha value is -3.13. The van der Waals surface area contributed by atoms with Gasteiger partial charge in [0.2, 0.25) is 0 Å². The molecule has 2 N–H and O–H groups in total. The first-order valence-electron chi connectivity index (χ1n) is 8.25. The fourth-order valence-electron chi connectivity index (χ4n) is 2.45. The van der Waals surface area contributed by atoms with Crippen molar-refractivity contribution >= 4 is 21.5 Å². The van der Waals surface area contributed by atoms with Crippen LogP contribution in [0.25, 0.3) is 0 Å². The Kier molecular flexibility index (Phi) is 5.56. The van der Waals surface area contributed by atoms with E-state index < -0.39 is 10.0 Å². The standard InChI is InChI=1S/C19H20N4O3S/c1-14-6-8-17(26-2)18(11-14)27(24,25)23-16-7-9-19(22-13-16)21-12-15-5-3-4-10-20-15/h3-11,13,23H,12H2,1-2H3,(H,21,22). The fraction of sp³-hybridized carbons (Fsp3) is 0.158. The van der Waals surface area contributed by atoms with Gasteiger partial charge in [-0.2, -0.15) is 0 Å². The summed E-state index contributed by atoms with van der Waals surface area (Å²) in [6, 6.07) is 14.0. The number of nitrogens with zero attached hydrogens (tertiary/aromatic N) is 2. The van der Waals surface area contributed by atoms with E-state index >= 15 is 0 Å². The minimum atomic E-state index is -3.79. The lowest BCUT2D eigenvalue weighted by Crippen LogP contribution is -2.14. The molecule has 0 fully saturated rings. The number of anilines is 2. The molecule has 3 rings (SSSR count). The van der Waals surface area contributed by atoms with Crippen LogP contribution in [0, 0.1) is 6.92 Å². The lowest BCUT2D eigenvalue weighted by atomic mass is 10.2. The molecule has 0 aliphatic carbocycles. The second-order valence-corrected chi connectivity index (χ2v) is 7.52. The largest absolute Gasteiger partial charge is 0.495 e. The zero-order valence-corrected chi connectivity index (χ0v) is 15.8. The maximum atomic E-state index is 12.7. The number of hydrogen-bond acceptors (Lipinski definition) is 6. The van der Waals surface area contributed by atoms with E-state index in [1.165, 1.54) is 13.3 Å². The second-order valence-electron chi connectivity index (χ2n) is 5.87. The highest BCUT2D eigenvalue weighted by Crippen LogP contribution is 2.26. The number of benzene rings is 1. The summed E-state index contributed by atoms with van der Waals surface area (Å²) in [4.78, 5) is 8.54. The fourth-order valence-corrected chi connectivity index (χ4v) is 3.74. The second kappa shape index (κ2) is 8.05. The average Bonchev–Trinajstić information content (AvgIpc) is 2.68. The molecule has 0 amide bonds. The summed E-state index contributed by atoms with van der Waals surface area (Å²) in [7, 11) is -2.35. The predicted molar refractivity (Wildman–Crippen MR) is 104 cm³/mol. The van der Waals surface area contributed by atoms with E-state index in [1.54, 1.807) is 36.5 Å². The van der Waals surface area contributed by atoms with Crippen molar-refractivity contribution in [3.05, 3.63) is 72.2 Å². The topological polar surface area (TPSA) is 93.2 Å². The molecule has 2 heterocycles. The first-order valence-corrected chi connectivity index (χ1v) is 9.73. The number of hydrogen-bond donors (Lipinski definition) is 2. The molecule has 0 bridgehead atoms. The van der Waals surface area contributed by atoms with Crippen LogP contribution in [0.1, 0.15) is 11.3 Å². The van der Waals surface area contributed by atoms with Crippen molar-refractivity contribution < 1.29 is 13.2 Å². The summed E-state index contributed by atoms with van der Waals surface area (Å²) in [6.07, 6.45) is 3.18. The van der Waals surface area contributed by atoms with Crippen molar-refractivity contribution in [1.82, 2.24) is 9.97 Å². The molecule has 0 aliphatic rings. The molecule has 140 valence electrons. The Bertz CT molecular complexity index is 1010. The quantitative estimate of drug-likeness (QED) is 0.650. The predicted octanol–water partition coefficient (Wildman–Crippen LogP) is 3.21. The highest BCUT2D eigenvalue weighted by molar-refractivity contribution is 7.92. The maximum absolute atomic E-state index is 12.7. The van der Waals surface area contributed by atoms with Gasteiger partial charge < -0.3 is 10.1 Å². The molecule has 0 saturated heterocycles. The molecule has 0 radical (unpaired) electrons. The lowest BCUT2D eigenvalue weighted by Gasteiger charge is -2.12. The van der Waals surface area contributed by atoms with Crippen molar-refractivity contribution in [2.24, 2.45) is 0 Å². The number of pyridine rings is 2. The molecule has 0 aliphatic heterocycles. The molecule has 0 unspecified atom stereocenters. The molecule has 3 aromatic rings. The Balaban J connectivity index is 1.71. The molecule has 0 spiro atoms. The van der Waals surface area contributed by atoms with Gasteiger partial charge in [0.1, 0.15) is 16.5 Å². The minimum absolute atomic E-state index is 0.0855. The number of rotatable bonds is 7. The van der Waals surface area contributed by atoms with E-state index in [0.717, 1.165) is 11.3 Å². The van der Waals surface area contributed by atoms with Crippen LogP contribution in [0.2, 0.25) is 0 Å². The first-order chi connectivity index (χ1) is 13.0. The van der Waals surface area contributed by atoms with Crippen molar-refractivity contribution in [3.8, 4) is 5.75 Å². The summed E-state index contributed by atoms with van der Waals surface area (Å²) in [6.45, 7) is 2.35. The summed E-state index contributed by atoms with van der Waals surface area (Å²) in [5.41, 5.74) is 2.07. The normalized spacial score (nSPS) is 11.0. The van der Waals surface area contributed by atoms with Gasteiger partial charge in [0, 0.05) is 6.20 Å². The van der Waals surface area contributed by atoms with E-state index in [1.807, 2.05) is 25.1 Å². The Labute approximate surface area is 158 Å². The van der Waals surface area contributed by atoms with Crippen LogP contribution in [0.15, 0.2) is 65.8 Å².